The minimum Gasteiger partial charge on any atom is -0.372 e. The van der Waals surface area contributed by atoms with Crippen LogP contribution >= 0.6 is 0 Å². The highest BCUT2D eigenvalue weighted by atomic mass is 16.1. The van der Waals surface area contributed by atoms with Gasteiger partial charge in [-0.2, -0.15) is 0 Å². The van der Waals surface area contributed by atoms with E-state index in [1.165, 1.54) is 24.1 Å². The van der Waals surface area contributed by atoms with E-state index >= 15 is 0 Å². The van der Waals surface area contributed by atoms with Gasteiger partial charge < -0.3 is 15.5 Å². The largest absolute Gasteiger partial charge is 0.372 e. The van der Waals surface area contributed by atoms with E-state index < -0.39 is 0 Å². The Labute approximate surface area is 163 Å². The van der Waals surface area contributed by atoms with E-state index in [4.69, 9.17) is 0 Å². The third-order valence-corrected chi connectivity index (χ3v) is 4.47. The van der Waals surface area contributed by atoms with Crippen molar-refractivity contribution in [1.29, 1.82) is 0 Å². The number of aromatic nitrogens is 1. The number of nitrogens with zero attached hydrogens (tertiary/aromatic N) is 2. The Morgan fingerprint density at radius 1 is 1.07 bits per heavy atom. The highest BCUT2D eigenvalue weighted by Crippen LogP contribution is 2.22. The van der Waals surface area contributed by atoms with Gasteiger partial charge in [-0.25, -0.2) is 0 Å². The first-order valence-electron chi connectivity index (χ1n) is 9.87. The first-order valence-corrected chi connectivity index (χ1v) is 9.87. The Kier molecular flexibility index (Phi) is 8.78. The van der Waals surface area contributed by atoms with E-state index in [-0.39, 0.29) is 5.91 Å². The SMILES string of the molecule is CCCCc1ccc(C(=O)Nc2ccc(N3CCCC3)cc2)nc1.CNC. The molecule has 0 aliphatic carbocycles. The molecule has 5 heteroatoms. The second kappa shape index (κ2) is 11.3. The molecule has 1 aromatic heterocycles. The predicted octanol–water partition coefficient (Wildman–Crippen LogP) is 4.11. The number of hydrogen-bond donors (Lipinski definition) is 2. The molecule has 3 rings (SSSR count). The van der Waals surface area contributed by atoms with Crippen molar-refractivity contribution in [3.05, 3.63) is 53.9 Å². The molecule has 1 amide bonds. The molecule has 2 aromatic rings. The number of carbonyl (C=O) groups is 1. The van der Waals surface area contributed by atoms with Crippen LogP contribution in [0.15, 0.2) is 42.6 Å². The summed E-state index contributed by atoms with van der Waals surface area (Å²) in [6, 6.07) is 11.9. The van der Waals surface area contributed by atoms with Gasteiger partial charge in [-0.3, -0.25) is 9.78 Å². The number of pyridine rings is 1. The van der Waals surface area contributed by atoms with Gasteiger partial charge in [0.1, 0.15) is 5.69 Å². The maximum absolute atomic E-state index is 12.3. The smallest absolute Gasteiger partial charge is 0.274 e. The van der Waals surface area contributed by atoms with E-state index in [1.54, 1.807) is 12.3 Å². The fourth-order valence-electron chi connectivity index (χ4n) is 3.01. The van der Waals surface area contributed by atoms with Crippen LogP contribution in [0.4, 0.5) is 11.4 Å². The summed E-state index contributed by atoms with van der Waals surface area (Å²) in [7, 11) is 3.75. The third-order valence-electron chi connectivity index (χ3n) is 4.47. The number of benzene rings is 1. The first kappa shape index (κ1) is 20.9. The molecule has 1 saturated heterocycles. The summed E-state index contributed by atoms with van der Waals surface area (Å²) >= 11 is 0. The Hall–Kier alpha value is -2.40. The first-order chi connectivity index (χ1) is 13.2. The number of aryl methyl sites for hydroxylation is 1. The van der Waals surface area contributed by atoms with Crippen LogP contribution in [0.25, 0.3) is 0 Å². The highest BCUT2D eigenvalue weighted by Gasteiger charge is 2.12. The summed E-state index contributed by atoms with van der Waals surface area (Å²) in [6.07, 6.45) is 7.66. The van der Waals surface area contributed by atoms with E-state index in [0.29, 0.717) is 5.69 Å². The van der Waals surface area contributed by atoms with Crippen molar-refractivity contribution in [1.82, 2.24) is 10.3 Å². The van der Waals surface area contributed by atoms with E-state index in [1.807, 2.05) is 32.3 Å². The van der Waals surface area contributed by atoms with E-state index in [2.05, 4.69) is 39.6 Å². The number of anilines is 2. The van der Waals surface area contributed by atoms with Crippen LogP contribution in [-0.4, -0.2) is 38.1 Å². The van der Waals surface area contributed by atoms with Crippen LogP contribution in [0.1, 0.15) is 48.7 Å². The standard InChI is InChI=1S/C20H25N3O.C2H7N/c1-2-3-6-16-7-12-19(21-15-16)20(24)22-17-8-10-18(11-9-17)23-13-4-5-14-23;1-3-2/h7-12,15H,2-6,13-14H2,1H3,(H,22,24);3H,1-2H3. The maximum Gasteiger partial charge on any atom is 0.274 e. The summed E-state index contributed by atoms with van der Waals surface area (Å²) in [5.74, 6) is -0.161. The number of unbranched alkanes of at least 4 members (excludes halogenated alkanes) is 1. The van der Waals surface area contributed by atoms with Crippen LogP contribution < -0.4 is 15.5 Å². The average Bonchev–Trinajstić information content (AvgIpc) is 3.23. The van der Waals surface area contributed by atoms with Crippen molar-refractivity contribution in [3.8, 4) is 0 Å². The predicted molar refractivity (Wildman–Crippen MR) is 114 cm³/mol. The summed E-state index contributed by atoms with van der Waals surface area (Å²) in [5, 5.41) is 5.67. The number of amides is 1. The molecule has 5 nitrogen and oxygen atoms in total. The van der Waals surface area contributed by atoms with E-state index in [9.17, 15) is 4.79 Å². The minimum atomic E-state index is -0.161. The zero-order chi connectivity index (χ0) is 19.5. The monoisotopic (exact) mass is 368 g/mol. The summed E-state index contributed by atoms with van der Waals surface area (Å²) in [5.41, 5.74) is 3.67. The molecular formula is C22H32N4O. The van der Waals surface area contributed by atoms with Crippen molar-refractivity contribution >= 4 is 17.3 Å². The van der Waals surface area contributed by atoms with Gasteiger partial charge in [0.25, 0.3) is 5.91 Å². The Morgan fingerprint density at radius 3 is 2.30 bits per heavy atom. The molecule has 0 spiro atoms. The Balaban J connectivity index is 0.000000817. The van der Waals surface area contributed by atoms with Gasteiger partial charge in [-0.05, 0) is 75.7 Å². The van der Waals surface area contributed by atoms with Crippen molar-refractivity contribution in [2.75, 3.05) is 37.4 Å². The van der Waals surface area contributed by atoms with Gasteiger partial charge in [0.2, 0.25) is 0 Å². The van der Waals surface area contributed by atoms with Gasteiger partial charge >= 0.3 is 0 Å². The molecule has 0 radical (unpaired) electrons. The van der Waals surface area contributed by atoms with Crippen LogP contribution in [-0.2, 0) is 6.42 Å². The van der Waals surface area contributed by atoms with Crippen LogP contribution in [0.3, 0.4) is 0 Å². The molecular weight excluding hydrogens is 336 g/mol. The van der Waals surface area contributed by atoms with E-state index in [0.717, 1.165) is 38.0 Å². The lowest BCUT2D eigenvalue weighted by molar-refractivity contribution is 0.102. The molecule has 1 aliphatic heterocycles. The fraction of sp³-hybridized carbons (Fsp3) is 0.455. The molecule has 0 atom stereocenters. The molecule has 2 N–H and O–H groups in total. The van der Waals surface area contributed by atoms with Crippen LogP contribution in [0, 0.1) is 0 Å². The summed E-state index contributed by atoms with van der Waals surface area (Å²) < 4.78 is 0. The average molecular weight is 369 g/mol. The Morgan fingerprint density at radius 2 is 1.74 bits per heavy atom. The van der Waals surface area contributed by atoms with Gasteiger partial charge in [0, 0.05) is 30.7 Å². The molecule has 2 heterocycles. The van der Waals surface area contributed by atoms with Gasteiger partial charge in [-0.1, -0.05) is 19.4 Å². The number of rotatable bonds is 6. The second-order valence-electron chi connectivity index (χ2n) is 6.85. The van der Waals surface area contributed by atoms with Crippen molar-refractivity contribution in [2.24, 2.45) is 0 Å². The molecule has 27 heavy (non-hydrogen) atoms. The van der Waals surface area contributed by atoms with Gasteiger partial charge in [0.15, 0.2) is 0 Å². The molecule has 0 bridgehead atoms. The lowest BCUT2D eigenvalue weighted by atomic mass is 10.1. The third kappa shape index (κ3) is 6.68. The van der Waals surface area contributed by atoms with Gasteiger partial charge in [-0.15, -0.1) is 0 Å². The quantitative estimate of drug-likeness (QED) is 0.805. The molecule has 0 saturated carbocycles. The molecule has 1 aliphatic rings. The number of carbonyl (C=O) groups excluding carboxylic acids is 1. The minimum absolute atomic E-state index is 0.161. The van der Waals surface area contributed by atoms with Crippen molar-refractivity contribution in [2.45, 2.75) is 39.0 Å². The molecule has 1 aromatic carbocycles. The Bertz CT molecular complexity index is 676. The maximum atomic E-state index is 12.3. The lowest BCUT2D eigenvalue weighted by Crippen LogP contribution is -2.17. The fourth-order valence-corrected chi connectivity index (χ4v) is 3.01. The number of nitrogens with one attached hydrogen (secondary N) is 2. The highest BCUT2D eigenvalue weighted by molar-refractivity contribution is 6.02. The molecule has 146 valence electrons. The molecule has 0 unspecified atom stereocenters. The summed E-state index contributed by atoms with van der Waals surface area (Å²) in [6.45, 7) is 4.42. The topological polar surface area (TPSA) is 57.3 Å². The van der Waals surface area contributed by atoms with Crippen molar-refractivity contribution in [3.63, 3.8) is 0 Å². The molecule has 1 fully saturated rings. The normalized spacial score (nSPS) is 13.1. The number of hydrogen-bond acceptors (Lipinski definition) is 4. The van der Waals surface area contributed by atoms with Gasteiger partial charge in [0.05, 0.1) is 0 Å². The second-order valence-corrected chi connectivity index (χ2v) is 6.85. The lowest BCUT2D eigenvalue weighted by Gasteiger charge is -2.17. The van der Waals surface area contributed by atoms with Crippen LogP contribution in [0.5, 0.6) is 0 Å². The summed E-state index contributed by atoms with van der Waals surface area (Å²) in [4.78, 5) is 19.0. The van der Waals surface area contributed by atoms with Crippen molar-refractivity contribution < 1.29 is 4.79 Å². The zero-order valence-corrected chi connectivity index (χ0v) is 16.8. The van der Waals surface area contributed by atoms with Crippen LogP contribution in [0.2, 0.25) is 0 Å². The zero-order valence-electron chi connectivity index (χ0n) is 16.8.